The van der Waals surface area contributed by atoms with Crippen LogP contribution in [-0.2, 0) is 22.9 Å². The predicted octanol–water partition coefficient (Wildman–Crippen LogP) is -3.14. The molecule has 1 aliphatic heterocycles. The summed E-state index contributed by atoms with van der Waals surface area (Å²) < 4.78 is 33.6. The van der Waals surface area contributed by atoms with Gasteiger partial charge in [-0.15, -0.1) is 0 Å². The van der Waals surface area contributed by atoms with Crippen LogP contribution in [0.5, 0.6) is 0 Å². The summed E-state index contributed by atoms with van der Waals surface area (Å²) in [6.45, 7) is -2.05. The fourth-order valence-electron chi connectivity index (χ4n) is 1.47. The van der Waals surface area contributed by atoms with E-state index in [1.54, 1.807) is 0 Å². The number of phosphoric acid groups is 2. The van der Waals surface area contributed by atoms with E-state index in [1.165, 1.54) is 0 Å². The third-order valence-corrected chi connectivity index (χ3v) is 3.32. The Kier molecular flexibility index (Phi) is 7.90. The summed E-state index contributed by atoms with van der Waals surface area (Å²) in [5, 5.41) is 28.8. The maximum Gasteiger partial charge on any atom is 2.00 e. The van der Waals surface area contributed by atoms with E-state index >= 15 is 0 Å². The number of ether oxygens (including phenoxy) is 1. The average molecular weight is 366 g/mol. The van der Waals surface area contributed by atoms with Gasteiger partial charge < -0.3 is 42.5 Å². The van der Waals surface area contributed by atoms with Gasteiger partial charge in [0.2, 0.25) is 5.79 Å². The van der Waals surface area contributed by atoms with Crippen molar-refractivity contribution in [2.24, 2.45) is 0 Å². The van der Waals surface area contributed by atoms with Crippen molar-refractivity contribution in [3.05, 3.63) is 0 Å². The monoisotopic (exact) mass is 366 g/mol. The standard InChI is InChI=1S/C6H14O12P2.Mg.2H/c7-4-3(1-16-19(10,11)12)18-6(9,5(4)8)2-17-20(13,14)15;;;/h3-5,7-9H,1-2H2,(H2,10,11,12)(H2,13,14,15);;;/q;+2;2*-1/t3-,4-,5+,6-;;;/m1.../s1. The first kappa shape index (κ1) is 21.8. The fourth-order valence-corrected chi connectivity index (χ4v) is 2.17. The van der Waals surface area contributed by atoms with Crippen LogP contribution in [0.2, 0.25) is 0 Å². The molecule has 4 atom stereocenters. The summed E-state index contributed by atoms with van der Waals surface area (Å²) >= 11 is 0. The first-order chi connectivity index (χ1) is 8.84. The van der Waals surface area contributed by atoms with Gasteiger partial charge in [-0.2, -0.15) is 0 Å². The quantitative estimate of drug-likeness (QED) is 0.184. The van der Waals surface area contributed by atoms with E-state index in [-0.39, 0.29) is 25.9 Å². The van der Waals surface area contributed by atoms with Crippen molar-refractivity contribution in [3.63, 3.8) is 0 Å². The third kappa shape index (κ3) is 6.85. The van der Waals surface area contributed by atoms with Gasteiger partial charge in [-0.1, -0.05) is 0 Å². The smallest absolute Gasteiger partial charge is 1.00 e. The molecule has 1 heterocycles. The predicted molar refractivity (Wildman–Crippen MR) is 65.8 cm³/mol. The molecule has 0 spiro atoms. The normalized spacial score (nSPS) is 33.8. The Balaban J connectivity index is -0.00000133. The van der Waals surface area contributed by atoms with Crippen LogP contribution in [0.25, 0.3) is 0 Å². The van der Waals surface area contributed by atoms with Crippen molar-refractivity contribution in [2.45, 2.75) is 24.1 Å². The number of rotatable bonds is 6. The maximum absolute atomic E-state index is 10.5. The average Bonchev–Trinajstić information content (AvgIpc) is 2.48. The van der Waals surface area contributed by atoms with Crippen molar-refractivity contribution in [3.8, 4) is 0 Å². The van der Waals surface area contributed by atoms with E-state index in [0.29, 0.717) is 0 Å². The van der Waals surface area contributed by atoms with Crippen molar-refractivity contribution in [1.82, 2.24) is 0 Å². The number of aliphatic hydroxyl groups is 3. The molecule has 1 aliphatic rings. The number of aliphatic hydroxyl groups excluding tert-OH is 2. The zero-order chi connectivity index (χ0) is 15.8. The molecule has 0 saturated carbocycles. The second kappa shape index (κ2) is 7.60. The summed E-state index contributed by atoms with van der Waals surface area (Å²) in [4.78, 5) is 33.9. The number of phosphoric ester groups is 2. The number of hydrogen-bond donors (Lipinski definition) is 7. The maximum atomic E-state index is 10.5. The van der Waals surface area contributed by atoms with E-state index < -0.39 is 53.0 Å². The molecule has 12 nitrogen and oxygen atoms in total. The van der Waals surface area contributed by atoms with Crippen molar-refractivity contribution in [1.29, 1.82) is 0 Å². The van der Waals surface area contributed by atoms with Gasteiger partial charge in [0.05, 0.1) is 6.61 Å². The number of hydrogen-bond acceptors (Lipinski definition) is 8. The SMILES string of the molecule is O=P(O)(O)OC[C@H]1O[C@](O)(COP(=O)(O)O)[C@@H](O)[C@@H]1O.[H-].[H-].[Mg+2]. The van der Waals surface area contributed by atoms with Crippen molar-refractivity contribution >= 4 is 38.7 Å². The molecule has 15 heteroatoms. The molecule has 0 aromatic heterocycles. The minimum atomic E-state index is -4.96. The van der Waals surface area contributed by atoms with Gasteiger partial charge in [0.1, 0.15) is 24.9 Å². The van der Waals surface area contributed by atoms with Gasteiger partial charge in [0.15, 0.2) is 0 Å². The van der Waals surface area contributed by atoms with Gasteiger partial charge in [0, 0.05) is 0 Å². The molecule has 1 rings (SSSR count). The topological polar surface area (TPSA) is 203 Å². The van der Waals surface area contributed by atoms with Crippen LogP contribution in [0.15, 0.2) is 0 Å². The summed E-state index contributed by atoms with van der Waals surface area (Å²) in [5.74, 6) is -2.66. The minimum Gasteiger partial charge on any atom is -1.00 e. The van der Waals surface area contributed by atoms with Crippen molar-refractivity contribution in [2.75, 3.05) is 13.2 Å². The molecule has 0 amide bonds. The van der Waals surface area contributed by atoms with Crippen LogP contribution in [0.3, 0.4) is 0 Å². The molecule has 7 N–H and O–H groups in total. The van der Waals surface area contributed by atoms with Gasteiger partial charge >= 0.3 is 38.7 Å². The molecule has 1 saturated heterocycles. The zero-order valence-electron chi connectivity index (χ0n) is 12.4. The third-order valence-electron chi connectivity index (χ3n) is 2.37. The van der Waals surface area contributed by atoms with E-state index in [2.05, 4.69) is 13.8 Å². The molecule has 1 fully saturated rings. The van der Waals surface area contributed by atoms with Crippen LogP contribution in [0.1, 0.15) is 2.85 Å². The summed E-state index contributed by atoms with van der Waals surface area (Å²) in [5.41, 5.74) is 0. The van der Waals surface area contributed by atoms with E-state index in [9.17, 15) is 24.4 Å². The molecule has 124 valence electrons. The summed E-state index contributed by atoms with van der Waals surface area (Å²) in [6.07, 6.45) is -5.38. The van der Waals surface area contributed by atoms with Gasteiger partial charge in [-0.3, -0.25) is 9.05 Å². The van der Waals surface area contributed by atoms with Crippen LogP contribution in [0.4, 0.5) is 0 Å². The van der Waals surface area contributed by atoms with E-state index in [0.717, 1.165) is 0 Å². The molecule has 0 aliphatic carbocycles. The molecule has 0 bridgehead atoms. The zero-order valence-corrected chi connectivity index (χ0v) is 13.6. The molecule has 21 heavy (non-hydrogen) atoms. The molecule has 0 aromatic rings. The first-order valence-corrected chi connectivity index (χ1v) is 8.07. The van der Waals surface area contributed by atoms with Crippen molar-refractivity contribution < 1.29 is 60.7 Å². The van der Waals surface area contributed by atoms with Gasteiger partial charge in [-0.05, 0) is 0 Å². The molecule has 0 aromatic carbocycles. The van der Waals surface area contributed by atoms with Gasteiger partial charge in [0.25, 0.3) is 0 Å². The summed E-state index contributed by atoms with van der Waals surface area (Å²) in [7, 11) is -9.82. The Morgan fingerprint density at radius 3 is 2.00 bits per heavy atom. The molecule has 0 unspecified atom stereocenters. The van der Waals surface area contributed by atoms with Crippen LogP contribution >= 0.6 is 15.6 Å². The summed E-state index contributed by atoms with van der Waals surface area (Å²) in [6, 6.07) is 0. The molecular weight excluding hydrogens is 350 g/mol. The molecular formula is C6H16MgO12P2. The Bertz CT molecular complexity index is 443. The van der Waals surface area contributed by atoms with E-state index in [1.807, 2.05) is 0 Å². The second-order valence-electron chi connectivity index (χ2n) is 3.99. The largest absolute Gasteiger partial charge is 2.00 e. The van der Waals surface area contributed by atoms with Gasteiger partial charge in [-0.25, -0.2) is 9.13 Å². The Labute approximate surface area is 137 Å². The van der Waals surface area contributed by atoms with Crippen LogP contribution in [0, 0.1) is 0 Å². The second-order valence-corrected chi connectivity index (χ2v) is 6.47. The first-order valence-electron chi connectivity index (χ1n) is 5.00. The Hall–Kier alpha value is 0.826. The fraction of sp³-hybridized carbons (Fsp3) is 1.00. The van der Waals surface area contributed by atoms with E-state index in [4.69, 9.17) is 19.6 Å². The van der Waals surface area contributed by atoms with Crippen LogP contribution < -0.4 is 0 Å². The Morgan fingerprint density at radius 2 is 1.57 bits per heavy atom. The molecule has 0 radical (unpaired) electrons. The minimum absolute atomic E-state index is 0. The Morgan fingerprint density at radius 1 is 1.10 bits per heavy atom. The van der Waals surface area contributed by atoms with Crippen LogP contribution in [-0.4, -0.2) is 95.3 Å².